The van der Waals surface area contributed by atoms with Gasteiger partial charge in [0, 0.05) is 0 Å². The van der Waals surface area contributed by atoms with Gasteiger partial charge in [0.05, 0.1) is 19.8 Å². The average Bonchev–Trinajstić information content (AvgIpc) is 3.24. The van der Waals surface area contributed by atoms with Crippen molar-refractivity contribution in [2.45, 2.75) is 135 Å². The van der Waals surface area contributed by atoms with Crippen molar-refractivity contribution in [3.05, 3.63) is 35.9 Å². The Balaban J connectivity index is 2.05. The van der Waals surface area contributed by atoms with E-state index < -0.39 is 58.5 Å². The van der Waals surface area contributed by atoms with Crippen molar-refractivity contribution in [3.63, 3.8) is 0 Å². The largest absolute Gasteiger partial charge is 0.443 e. The van der Waals surface area contributed by atoms with Crippen molar-refractivity contribution < 1.29 is 37.4 Å². The van der Waals surface area contributed by atoms with Crippen LogP contribution in [0.4, 0.5) is 9.59 Å². The Hall–Kier alpha value is -1.77. The van der Waals surface area contributed by atoms with Gasteiger partial charge in [-0.1, -0.05) is 71.9 Å². The van der Waals surface area contributed by atoms with Crippen LogP contribution in [-0.2, 0) is 34.4 Å². The van der Waals surface area contributed by atoms with E-state index in [4.69, 9.17) is 27.8 Å². The minimum atomic E-state index is -2.40. The maximum Gasteiger partial charge on any atom is 0.422 e. The van der Waals surface area contributed by atoms with E-state index >= 15 is 0 Å². The van der Waals surface area contributed by atoms with Gasteiger partial charge in [0.2, 0.25) is 5.72 Å². The topological polar surface area (TPSA) is 92.8 Å². The fraction of sp³-hybridized carbons (Fsp3) is 0.742. The van der Waals surface area contributed by atoms with Gasteiger partial charge in [-0.2, -0.15) is 4.90 Å². The van der Waals surface area contributed by atoms with Crippen LogP contribution in [0.1, 0.15) is 67.9 Å². The molecule has 1 aromatic rings. The summed E-state index contributed by atoms with van der Waals surface area (Å²) in [5.74, 6) is 0. The summed E-state index contributed by atoms with van der Waals surface area (Å²) in [6.07, 6.45) is -3.92. The molecule has 1 aromatic carbocycles. The van der Waals surface area contributed by atoms with Crippen LogP contribution in [0.3, 0.4) is 0 Å². The molecule has 0 aliphatic carbocycles. The maximum atomic E-state index is 13.6. The van der Waals surface area contributed by atoms with E-state index in [9.17, 15) is 9.59 Å². The molecule has 2 saturated heterocycles. The molecule has 2 aliphatic heterocycles. The van der Waals surface area contributed by atoms with E-state index in [0.29, 0.717) is 0 Å². The molecule has 42 heavy (non-hydrogen) atoms. The standard InChI is InChI=1S/C31H53NO8Si2/c1-28(2,3)39-27(34)32-26(33)37-25-24(40-42(12,13)30(7,8)9)23(20-36-41(10,11)29(4,5)6)38-31(25,32)21-35-19-22-17-15-14-16-18-22/h14-18,23-25H,19-21H2,1-13H3/t23-,24-,25+,31-/m1/s1. The second-order valence-corrected chi connectivity index (χ2v) is 25.1. The number of benzene rings is 1. The first-order valence-electron chi connectivity index (χ1n) is 14.9. The third-order valence-electron chi connectivity index (χ3n) is 8.90. The molecule has 2 heterocycles. The zero-order valence-corrected chi connectivity index (χ0v) is 30.0. The lowest BCUT2D eigenvalue weighted by atomic mass is 10.0. The number of rotatable bonds is 9. The molecule has 2 fully saturated rings. The predicted octanol–water partition coefficient (Wildman–Crippen LogP) is 7.47. The van der Waals surface area contributed by atoms with Crippen LogP contribution < -0.4 is 0 Å². The van der Waals surface area contributed by atoms with E-state index in [1.165, 1.54) is 0 Å². The molecule has 2 aliphatic rings. The number of carbonyl (C=O) groups excluding carboxylic acids is 2. The van der Waals surface area contributed by atoms with Gasteiger partial charge in [-0.15, -0.1) is 0 Å². The fourth-order valence-corrected chi connectivity index (χ4v) is 6.72. The van der Waals surface area contributed by atoms with Gasteiger partial charge < -0.3 is 27.8 Å². The van der Waals surface area contributed by atoms with E-state index in [-0.39, 0.29) is 29.9 Å². The van der Waals surface area contributed by atoms with Gasteiger partial charge in [-0.3, -0.25) is 0 Å². The van der Waals surface area contributed by atoms with E-state index in [0.717, 1.165) is 10.5 Å². The molecule has 0 unspecified atom stereocenters. The first-order chi connectivity index (χ1) is 19.0. The Morgan fingerprint density at radius 1 is 0.929 bits per heavy atom. The third-order valence-corrected chi connectivity index (χ3v) is 17.9. The van der Waals surface area contributed by atoms with Crippen molar-refractivity contribution >= 4 is 28.8 Å². The Morgan fingerprint density at radius 3 is 2.02 bits per heavy atom. The van der Waals surface area contributed by atoms with E-state index in [2.05, 4.69) is 67.7 Å². The molecule has 9 nitrogen and oxygen atoms in total. The summed E-state index contributed by atoms with van der Waals surface area (Å²) >= 11 is 0. The summed E-state index contributed by atoms with van der Waals surface area (Å²) in [6.45, 7) is 27.3. The van der Waals surface area contributed by atoms with Crippen molar-refractivity contribution in [2.75, 3.05) is 13.2 Å². The smallest absolute Gasteiger partial charge is 0.422 e. The van der Waals surface area contributed by atoms with Crippen molar-refractivity contribution in [1.29, 1.82) is 0 Å². The van der Waals surface area contributed by atoms with Crippen molar-refractivity contribution in [2.24, 2.45) is 0 Å². The summed E-state index contributed by atoms with van der Waals surface area (Å²) in [5, 5.41) is -0.150. The minimum absolute atomic E-state index is 0.0250. The second kappa shape index (κ2) is 12.0. The molecule has 0 aromatic heterocycles. The predicted molar refractivity (Wildman–Crippen MR) is 167 cm³/mol. The van der Waals surface area contributed by atoms with E-state index in [1.54, 1.807) is 20.8 Å². The zero-order chi connectivity index (χ0) is 31.9. The lowest BCUT2D eigenvalue weighted by Crippen LogP contribution is -2.58. The summed E-state index contributed by atoms with van der Waals surface area (Å²) in [6, 6.07) is 9.69. The highest BCUT2D eigenvalue weighted by Crippen LogP contribution is 2.48. The number of carbonyl (C=O) groups is 2. The number of imide groups is 1. The van der Waals surface area contributed by atoms with Gasteiger partial charge in [-0.25, -0.2) is 9.59 Å². The van der Waals surface area contributed by atoms with E-state index in [1.807, 2.05) is 30.3 Å². The van der Waals surface area contributed by atoms with Gasteiger partial charge >= 0.3 is 12.2 Å². The molecule has 0 bridgehead atoms. The molecule has 0 spiro atoms. The van der Waals surface area contributed by atoms with Crippen molar-refractivity contribution in [3.8, 4) is 0 Å². The number of amides is 2. The lowest BCUT2D eigenvalue weighted by Gasteiger charge is -2.41. The summed E-state index contributed by atoms with van der Waals surface area (Å²) in [4.78, 5) is 27.9. The Labute approximate surface area is 254 Å². The van der Waals surface area contributed by atoms with Crippen LogP contribution >= 0.6 is 0 Å². The number of hydrogen-bond donors (Lipinski definition) is 0. The lowest BCUT2D eigenvalue weighted by molar-refractivity contribution is -0.164. The quantitative estimate of drug-likeness (QED) is 0.262. The average molecular weight is 624 g/mol. The summed E-state index contributed by atoms with van der Waals surface area (Å²) in [7, 11) is -4.58. The van der Waals surface area contributed by atoms with Gasteiger partial charge in [0.25, 0.3) is 0 Å². The highest BCUT2D eigenvalue weighted by atomic mass is 28.4. The van der Waals surface area contributed by atoms with Gasteiger partial charge in [0.1, 0.15) is 17.8 Å². The molecular formula is C31H53NO8Si2. The molecule has 2 amide bonds. The van der Waals surface area contributed by atoms with Crippen LogP contribution in [0.25, 0.3) is 0 Å². The molecule has 3 rings (SSSR count). The molecular weight excluding hydrogens is 571 g/mol. The minimum Gasteiger partial charge on any atom is -0.443 e. The molecule has 4 atom stereocenters. The number of ether oxygens (including phenoxy) is 4. The fourth-order valence-electron chi connectivity index (χ4n) is 4.40. The first kappa shape index (κ1) is 34.7. The Kier molecular flexibility index (Phi) is 9.89. The monoisotopic (exact) mass is 623 g/mol. The van der Waals surface area contributed by atoms with Gasteiger partial charge in [-0.05, 0) is 62.6 Å². The Morgan fingerprint density at radius 2 is 1.50 bits per heavy atom. The van der Waals surface area contributed by atoms with Crippen molar-refractivity contribution in [1.82, 2.24) is 4.90 Å². The number of hydrogen-bond acceptors (Lipinski definition) is 8. The number of nitrogens with zero attached hydrogens (tertiary/aromatic N) is 1. The molecule has 0 N–H and O–H groups in total. The van der Waals surface area contributed by atoms with Crippen LogP contribution in [-0.4, -0.2) is 76.6 Å². The van der Waals surface area contributed by atoms with Crippen LogP contribution in [0, 0.1) is 0 Å². The summed E-state index contributed by atoms with van der Waals surface area (Å²) in [5.41, 5.74) is -1.49. The van der Waals surface area contributed by atoms with Crippen LogP contribution in [0.2, 0.25) is 36.3 Å². The molecule has 0 saturated carbocycles. The second-order valence-electron chi connectivity index (χ2n) is 15.5. The zero-order valence-electron chi connectivity index (χ0n) is 28.0. The summed E-state index contributed by atoms with van der Waals surface area (Å²) < 4.78 is 38.2. The maximum absolute atomic E-state index is 13.6. The highest BCUT2D eigenvalue weighted by Gasteiger charge is 2.70. The van der Waals surface area contributed by atoms with Crippen LogP contribution in [0.5, 0.6) is 0 Å². The van der Waals surface area contributed by atoms with Crippen LogP contribution in [0.15, 0.2) is 30.3 Å². The Bertz CT molecular complexity index is 1110. The third kappa shape index (κ3) is 7.47. The highest BCUT2D eigenvalue weighted by molar-refractivity contribution is 6.74. The SMILES string of the molecule is CC(C)(C)OC(=O)N1C(=O)O[C@H]2[C@H](O[Si](C)(C)C(C)(C)C)[C@@H](CO[Si](C)(C)C(C)(C)C)O[C@]21COCc1ccccc1. The number of fused-ring (bicyclic) bond motifs is 1. The molecule has 11 heteroatoms. The normalized spacial score (nSPS) is 25.4. The van der Waals surface area contributed by atoms with Gasteiger partial charge in [0.15, 0.2) is 22.7 Å². The first-order valence-corrected chi connectivity index (χ1v) is 20.7. The molecule has 0 radical (unpaired) electrons. The molecule has 238 valence electrons.